The molecular weight excluding hydrogens is 298 g/mol. The van der Waals surface area contributed by atoms with Gasteiger partial charge in [-0.3, -0.25) is 4.79 Å². The maximum Gasteiger partial charge on any atom is 0.248 e. The summed E-state index contributed by atoms with van der Waals surface area (Å²) < 4.78 is 16.0. The molecule has 1 aromatic heterocycles. The molecule has 2 N–H and O–H groups in total. The first-order valence-corrected chi connectivity index (χ1v) is 7.56. The molecule has 122 valence electrons. The number of benzene rings is 1. The number of nitrogens with one attached hydrogen (secondary N) is 2. The molecule has 1 amide bonds. The van der Waals surface area contributed by atoms with Crippen LogP contribution in [0.1, 0.15) is 19.1 Å². The quantitative estimate of drug-likeness (QED) is 0.881. The Morgan fingerprint density at radius 1 is 1.26 bits per heavy atom. The van der Waals surface area contributed by atoms with Gasteiger partial charge in [-0.15, -0.1) is 0 Å². The largest absolute Gasteiger partial charge is 0.486 e. The number of carbonyl (C=O) groups excluding carboxylic acids is 1. The minimum absolute atomic E-state index is 0.171. The summed E-state index contributed by atoms with van der Waals surface area (Å²) in [5.74, 6) is 2.29. The average Bonchev–Trinajstić information content (AvgIpc) is 2.97. The van der Waals surface area contributed by atoms with Gasteiger partial charge in [0.15, 0.2) is 17.3 Å². The van der Waals surface area contributed by atoms with E-state index < -0.39 is 6.04 Å². The first-order chi connectivity index (χ1) is 11.2. The Morgan fingerprint density at radius 2 is 2.04 bits per heavy atom. The summed E-state index contributed by atoms with van der Waals surface area (Å²) in [5, 5.41) is 9.70. The normalized spacial score (nSPS) is 14.2. The highest BCUT2D eigenvalue weighted by atomic mass is 16.6. The Morgan fingerprint density at radius 3 is 2.74 bits per heavy atom. The summed E-state index contributed by atoms with van der Waals surface area (Å²) in [4.78, 5) is 12.3. The Kier molecular flexibility index (Phi) is 4.36. The van der Waals surface area contributed by atoms with E-state index in [0.29, 0.717) is 37.0 Å². The Balaban J connectivity index is 1.67. The van der Waals surface area contributed by atoms with Crippen LogP contribution in [0, 0.1) is 6.92 Å². The zero-order valence-corrected chi connectivity index (χ0v) is 13.1. The average molecular weight is 317 g/mol. The standard InChI is InChI=1S/C16H19N3O4/c1-3-12(16(20)18-15-8-10(2)23-19-15)17-11-4-5-13-14(9-11)22-7-6-21-13/h4-5,8-9,12,17H,3,6-7H2,1-2H3,(H,18,19,20)/t12-/m0/s1. The van der Waals surface area contributed by atoms with Crippen molar-refractivity contribution >= 4 is 17.4 Å². The molecule has 0 spiro atoms. The van der Waals surface area contributed by atoms with Gasteiger partial charge in [-0.25, -0.2) is 0 Å². The van der Waals surface area contributed by atoms with Crippen molar-refractivity contribution in [2.75, 3.05) is 23.8 Å². The van der Waals surface area contributed by atoms with Crippen LogP contribution in [0.25, 0.3) is 0 Å². The maximum atomic E-state index is 12.3. The molecule has 0 saturated carbocycles. The molecule has 1 atom stereocenters. The van der Waals surface area contributed by atoms with E-state index in [0.717, 1.165) is 11.4 Å². The lowest BCUT2D eigenvalue weighted by molar-refractivity contribution is -0.117. The van der Waals surface area contributed by atoms with Gasteiger partial charge in [0, 0.05) is 17.8 Å². The number of anilines is 2. The third-order valence-electron chi connectivity index (χ3n) is 3.49. The molecule has 0 aliphatic carbocycles. The number of hydrogen-bond acceptors (Lipinski definition) is 6. The smallest absolute Gasteiger partial charge is 0.248 e. The maximum absolute atomic E-state index is 12.3. The molecule has 2 aromatic rings. The Labute approximate surface area is 133 Å². The third-order valence-corrected chi connectivity index (χ3v) is 3.49. The topological polar surface area (TPSA) is 85.6 Å². The molecule has 7 heteroatoms. The van der Waals surface area contributed by atoms with E-state index in [1.807, 2.05) is 25.1 Å². The van der Waals surface area contributed by atoms with Gasteiger partial charge in [0.2, 0.25) is 5.91 Å². The number of carbonyl (C=O) groups is 1. The fraction of sp³-hybridized carbons (Fsp3) is 0.375. The SMILES string of the molecule is CC[C@H](Nc1ccc2c(c1)OCCO2)C(=O)Nc1cc(C)on1. The number of nitrogens with zero attached hydrogens (tertiary/aromatic N) is 1. The molecule has 2 heterocycles. The van der Waals surface area contributed by atoms with Gasteiger partial charge in [0.1, 0.15) is 25.0 Å². The lowest BCUT2D eigenvalue weighted by Crippen LogP contribution is -2.34. The van der Waals surface area contributed by atoms with Gasteiger partial charge >= 0.3 is 0 Å². The van der Waals surface area contributed by atoms with Gasteiger partial charge in [-0.05, 0) is 25.5 Å². The molecule has 7 nitrogen and oxygen atoms in total. The van der Waals surface area contributed by atoms with Crippen LogP contribution in [0.15, 0.2) is 28.8 Å². The van der Waals surface area contributed by atoms with Crippen molar-refractivity contribution in [2.24, 2.45) is 0 Å². The second-order valence-corrected chi connectivity index (χ2v) is 5.28. The predicted octanol–water partition coefficient (Wildman–Crippen LogP) is 2.58. The van der Waals surface area contributed by atoms with Crippen LogP contribution >= 0.6 is 0 Å². The van der Waals surface area contributed by atoms with Crippen LogP contribution in [0.2, 0.25) is 0 Å². The first-order valence-electron chi connectivity index (χ1n) is 7.56. The number of ether oxygens (including phenoxy) is 2. The zero-order chi connectivity index (χ0) is 16.2. The van der Waals surface area contributed by atoms with E-state index in [-0.39, 0.29) is 5.91 Å². The molecule has 0 fully saturated rings. The zero-order valence-electron chi connectivity index (χ0n) is 13.1. The summed E-state index contributed by atoms with van der Waals surface area (Å²) in [6.07, 6.45) is 0.622. The van der Waals surface area contributed by atoms with Crippen LogP contribution in [0.4, 0.5) is 11.5 Å². The highest BCUT2D eigenvalue weighted by Crippen LogP contribution is 2.32. The highest BCUT2D eigenvalue weighted by molar-refractivity contribution is 5.95. The van der Waals surface area contributed by atoms with Crippen LogP contribution in [-0.4, -0.2) is 30.3 Å². The van der Waals surface area contributed by atoms with E-state index in [1.54, 1.807) is 13.0 Å². The van der Waals surface area contributed by atoms with Crippen molar-refractivity contribution < 1.29 is 18.8 Å². The number of aryl methyl sites for hydroxylation is 1. The van der Waals surface area contributed by atoms with Gasteiger partial charge < -0.3 is 24.6 Å². The van der Waals surface area contributed by atoms with Crippen LogP contribution in [-0.2, 0) is 4.79 Å². The van der Waals surface area contributed by atoms with Crippen LogP contribution in [0.5, 0.6) is 11.5 Å². The number of fused-ring (bicyclic) bond motifs is 1. The van der Waals surface area contributed by atoms with Gasteiger partial charge in [0.25, 0.3) is 0 Å². The van der Waals surface area contributed by atoms with E-state index in [4.69, 9.17) is 14.0 Å². The summed E-state index contributed by atoms with van der Waals surface area (Å²) in [6.45, 7) is 4.78. The van der Waals surface area contributed by atoms with Crippen LogP contribution < -0.4 is 20.1 Å². The minimum Gasteiger partial charge on any atom is -0.486 e. The molecule has 1 aromatic carbocycles. The number of aromatic nitrogens is 1. The summed E-state index contributed by atoms with van der Waals surface area (Å²) in [7, 11) is 0. The molecule has 1 aliphatic rings. The monoisotopic (exact) mass is 317 g/mol. The lowest BCUT2D eigenvalue weighted by atomic mass is 10.2. The minimum atomic E-state index is -0.394. The number of rotatable bonds is 5. The summed E-state index contributed by atoms with van der Waals surface area (Å²) in [6, 6.07) is 6.82. The van der Waals surface area contributed by atoms with Crippen molar-refractivity contribution in [3.8, 4) is 11.5 Å². The van der Waals surface area contributed by atoms with Crippen molar-refractivity contribution in [1.29, 1.82) is 0 Å². The van der Waals surface area contributed by atoms with Crippen molar-refractivity contribution in [3.63, 3.8) is 0 Å². The van der Waals surface area contributed by atoms with E-state index in [9.17, 15) is 4.79 Å². The molecule has 0 unspecified atom stereocenters. The van der Waals surface area contributed by atoms with E-state index in [2.05, 4.69) is 15.8 Å². The summed E-state index contributed by atoms with van der Waals surface area (Å²) >= 11 is 0. The number of amides is 1. The third kappa shape index (κ3) is 3.56. The van der Waals surface area contributed by atoms with E-state index >= 15 is 0 Å². The Bertz CT molecular complexity index is 698. The Hall–Kier alpha value is -2.70. The van der Waals surface area contributed by atoms with Crippen LogP contribution in [0.3, 0.4) is 0 Å². The molecule has 0 saturated heterocycles. The second-order valence-electron chi connectivity index (χ2n) is 5.28. The fourth-order valence-corrected chi connectivity index (χ4v) is 2.33. The number of hydrogen-bond donors (Lipinski definition) is 2. The molecule has 23 heavy (non-hydrogen) atoms. The summed E-state index contributed by atoms with van der Waals surface area (Å²) in [5.41, 5.74) is 0.799. The van der Waals surface area contributed by atoms with Crippen molar-refractivity contribution in [2.45, 2.75) is 26.3 Å². The molecule has 0 radical (unpaired) electrons. The fourth-order valence-electron chi connectivity index (χ4n) is 2.33. The highest BCUT2D eigenvalue weighted by Gasteiger charge is 2.19. The molecular formula is C16H19N3O4. The second kappa shape index (κ2) is 6.60. The molecule has 3 rings (SSSR count). The first kappa shape index (κ1) is 15.2. The van der Waals surface area contributed by atoms with Gasteiger partial charge in [-0.2, -0.15) is 0 Å². The molecule has 0 bridgehead atoms. The predicted molar refractivity (Wildman–Crippen MR) is 85.0 cm³/mol. The van der Waals surface area contributed by atoms with Gasteiger partial charge in [-0.1, -0.05) is 12.1 Å². The van der Waals surface area contributed by atoms with Crippen molar-refractivity contribution in [1.82, 2.24) is 5.16 Å². The lowest BCUT2D eigenvalue weighted by Gasteiger charge is -2.21. The van der Waals surface area contributed by atoms with Crippen molar-refractivity contribution in [3.05, 3.63) is 30.0 Å². The van der Waals surface area contributed by atoms with E-state index in [1.165, 1.54) is 0 Å². The molecule has 1 aliphatic heterocycles. The van der Waals surface area contributed by atoms with Gasteiger partial charge in [0.05, 0.1) is 0 Å².